The lowest BCUT2D eigenvalue weighted by Crippen LogP contribution is -2.46. The fourth-order valence-electron chi connectivity index (χ4n) is 5.21. The summed E-state index contributed by atoms with van der Waals surface area (Å²) >= 11 is 0. The zero-order chi connectivity index (χ0) is 14.2. The van der Waals surface area contributed by atoms with Crippen LogP contribution in [0.15, 0.2) is 0 Å². The fraction of sp³-hybridized carbons (Fsp3) is 0.867. The third kappa shape index (κ3) is 1.38. The van der Waals surface area contributed by atoms with Crippen molar-refractivity contribution in [1.82, 2.24) is 0 Å². The fourth-order valence-corrected chi connectivity index (χ4v) is 5.21. The number of hydrogen-bond donors (Lipinski definition) is 2. The van der Waals surface area contributed by atoms with Crippen LogP contribution in [0.5, 0.6) is 0 Å². The van der Waals surface area contributed by atoms with Crippen LogP contribution in [0.2, 0.25) is 0 Å². The van der Waals surface area contributed by atoms with E-state index in [1.165, 1.54) is 0 Å². The molecule has 2 bridgehead atoms. The van der Waals surface area contributed by atoms with Crippen molar-refractivity contribution in [3.63, 3.8) is 0 Å². The number of aliphatic hydroxyl groups is 1. The molecule has 6 atom stereocenters. The molecule has 0 unspecified atom stereocenters. The average Bonchev–Trinajstić information content (AvgIpc) is 2.70. The molecule has 3 rings (SSSR count). The van der Waals surface area contributed by atoms with Crippen molar-refractivity contribution < 1.29 is 19.8 Å². The quantitative estimate of drug-likeness (QED) is 0.759. The average molecular weight is 266 g/mol. The second-order valence-corrected chi connectivity index (χ2v) is 7.73. The van der Waals surface area contributed by atoms with Gasteiger partial charge in [-0.2, -0.15) is 0 Å². The zero-order valence-electron chi connectivity index (χ0n) is 11.8. The van der Waals surface area contributed by atoms with Crippen LogP contribution >= 0.6 is 0 Å². The molecule has 0 aromatic carbocycles. The van der Waals surface area contributed by atoms with Crippen LogP contribution in [0.25, 0.3) is 0 Å². The Bertz CT molecular complexity index is 473. The third-order valence-corrected chi connectivity index (χ3v) is 6.36. The lowest BCUT2D eigenvalue weighted by Gasteiger charge is -2.42. The molecule has 3 aliphatic carbocycles. The third-order valence-electron chi connectivity index (χ3n) is 6.36. The Hall–Kier alpha value is -0.900. The van der Waals surface area contributed by atoms with Crippen molar-refractivity contribution in [2.24, 2.45) is 28.1 Å². The van der Waals surface area contributed by atoms with E-state index in [2.05, 4.69) is 0 Å². The van der Waals surface area contributed by atoms with Gasteiger partial charge in [-0.15, -0.1) is 0 Å². The standard InChI is InChI=1S/C15H22O4/c1-13(12(18)19)4-8-5-15(3)10(16)7-14(2,11(15)17)9(8)6-13/h8-10,16H,4-7H2,1-3H3,(H,18,19)/t8-,9-,10-,13+,14+,15+/m0/s1. The number of aliphatic hydroxyl groups excluding tert-OH is 1. The number of carboxylic acid groups (broad SMARTS) is 1. The number of carbonyl (C=O) groups excluding carboxylic acids is 1. The van der Waals surface area contributed by atoms with E-state index in [0.29, 0.717) is 25.7 Å². The van der Waals surface area contributed by atoms with Gasteiger partial charge in [0.25, 0.3) is 0 Å². The van der Waals surface area contributed by atoms with Gasteiger partial charge in [0.05, 0.1) is 16.9 Å². The van der Waals surface area contributed by atoms with E-state index < -0.39 is 28.3 Å². The molecule has 0 aromatic heterocycles. The van der Waals surface area contributed by atoms with Crippen molar-refractivity contribution >= 4 is 11.8 Å². The van der Waals surface area contributed by atoms with Crippen LogP contribution in [0, 0.1) is 28.1 Å². The maximum absolute atomic E-state index is 12.7. The van der Waals surface area contributed by atoms with E-state index in [1.807, 2.05) is 13.8 Å². The molecule has 3 aliphatic rings. The number of hydrogen-bond acceptors (Lipinski definition) is 3. The Kier molecular flexibility index (Phi) is 2.35. The van der Waals surface area contributed by atoms with Gasteiger partial charge in [0.2, 0.25) is 0 Å². The highest BCUT2D eigenvalue weighted by atomic mass is 16.4. The normalized spacial score (nSPS) is 56.2. The Morgan fingerprint density at radius 2 is 1.74 bits per heavy atom. The predicted molar refractivity (Wildman–Crippen MR) is 68.4 cm³/mol. The topological polar surface area (TPSA) is 74.6 Å². The monoisotopic (exact) mass is 266 g/mol. The molecule has 0 aromatic rings. The molecular formula is C15H22O4. The summed E-state index contributed by atoms with van der Waals surface area (Å²) in [6, 6.07) is 0. The highest BCUT2D eigenvalue weighted by molar-refractivity contribution is 5.94. The smallest absolute Gasteiger partial charge is 0.309 e. The number of carbonyl (C=O) groups is 2. The molecule has 0 saturated heterocycles. The lowest BCUT2D eigenvalue weighted by molar-refractivity contribution is -0.148. The predicted octanol–water partition coefficient (Wildman–Crippen LogP) is 1.85. The van der Waals surface area contributed by atoms with E-state index in [9.17, 15) is 19.8 Å². The Balaban J connectivity index is 2.01. The summed E-state index contributed by atoms with van der Waals surface area (Å²) in [6.07, 6.45) is 1.79. The summed E-state index contributed by atoms with van der Waals surface area (Å²) in [6.45, 7) is 5.60. The number of aliphatic carboxylic acids is 1. The minimum Gasteiger partial charge on any atom is -0.481 e. The van der Waals surface area contributed by atoms with Crippen molar-refractivity contribution in [3.05, 3.63) is 0 Å². The maximum atomic E-state index is 12.7. The number of fused-ring (bicyclic) bond motifs is 4. The van der Waals surface area contributed by atoms with E-state index in [1.54, 1.807) is 6.92 Å². The minimum absolute atomic E-state index is 0.117. The minimum atomic E-state index is -0.750. The van der Waals surface area contributed by atoms with E-state index in [0.717, 1.165) is 0 Å². The van der Waals surface area contributed by atoms with E-state index in [4.69, 9.17) is 0 Å². The molecule has 3 saturated carbocycles. The van der Waals surface area contributed by atoms with Gasteiger partial charge in [0.15, 0.2) is 0 Å². The SMILES string of the molecule is C[C@@]1(C(=O)O)C[C@H]2C[C@@]3(C)C(=O)[C@](C)(C[C@@H]3O)[C@H]2C1. The second-order valence-electron chi connectivity index (χ2n) is 7.73. The van der Waals surface area contributed by atoms with Gasteiger partial charge in [0.1, 0.15) is 5.78 Å². The summed E-state index contributed by atoms with van der Waals surface area (Å²) < 4.78 is 0. The molecule has 3 fully saturated rings. The molecule has 19 heavy (non-hydrogen) atoms. The Morgan fingerprint density at radius 1 is 1.11 bits per heavy atom. The Labute approximate surface area is 113 Å². The molecule has 0 heterocycles. The summed E-state index contributed by atoms with van der Waals surface area (Å²) in [5.74, 6) is -0.222. The summed E-state index contributed by atoms with van der Waals surface area (Å²) in [4.78, 5) is 24.1. The van der Waals surface area contributed by atoms with Crippen LogP contribution in [0.4, 0.5) is 0 Å². The molecule has 4 nitrogen and oxygen atoms in total. The molecule has 0 amide bonds. The van der Waals surface area contributed by atoms with Crippen LogP contribution in [0.3, 0.4) is 0 Å². The molecular weight excluding hydrogens is 244 g/mol. The number of ketones is 1. The zero-order valence-corrected chi connectivity index (χ0v) is 11.8. The number of Topliss-reactive ketones (excluding diaryl/α,β-unsaturated/α-hetero) is 1. The highest BCUT2D eigenvalue weighted by Gasteiger charge is 2.68. The molecule has 106 valence electrons. The summed E-state index contributed by atoms with van der Waals surface area (Å²) in [5.41, 5.74) is -1.88. The van der Waals surface area contributed by atoms with Crippen LogP contribution < -0.4 is 0 Å². The van der Waals surface area contributed by atoms with Crippen LogP contribution in [-0.2, 0) is 9.59 Å². The van der Waals surface area contributed by atoms with Gasteiger partial charge in [-0.3, -0.25) is 9.59 Å². The van der Waals surface area contributed by atoms with Crippen LogP contribution in [0.1, 0.15) is 46.5 Å². The van der Waals surface area contributed by atoms with Gasteiger partial charge in [-0.1, -0.05) is 13.8 Å². The first kappa shape index (κ1) is 13.1. The van der Waals surface area contributed by atoms with Gasteiger partial charge in [0, 0.05) is 5.41 Å². The molecule has 2 N–H and O–H groups in total. The first-order chi connectivity index (χ1) is 8.63. The summed E-state index contributed by atoms with van der Waals surface area (Å²) in [7, 11) is 0. The molecule has 0 radical (unpaired) electrons. The largest absolute Gasteiger partial charge is 0.481 e. The van der Waals surface area contributed by atoms with Gasteiger partial charge in [-0.25, -0.2) is 0 Å². The second kappa shape index (κ2) is 3.40. The highest BCUT2D eigenvalue weighted by Crippen LogP contribution is 2.66. The van der Waals surface area contributed by atoms with E-state index >= 15 is 0 Å². The van der Waals surface area contributed by atoms with Crippen molar-refractivity contribution in [3.8, 4) is 0 Å². The number of rotatable bonds is 1. The van der Waals surface area contributed by atoms with Crippen molar-refractivity contribution in [2.45, 2.75) is 52.6 Å². The van der Waals surface area contributed by atoms with Crippen molar-refractivity contribution in [1.29, 1.82) is 0 Å². The maximum Gasteiger partial charge on any atom is 0.309 e. The summed E-state index contributed by atoms with van der Waals surface area (Å²) in [5, 5.41) is 19.7. The van der Waals surface area contributed by atoms with Gasteiger partial charge < -0.3 is 10.2 Å². The Morgan fingerprint density at radius 3 is 2.32 bits per heavy atom. The molecule has 0 aliphatic heterocycles. The first-order valence-electron chi connectivity index (χ1n) is 7.10. The molecule has 4 heteroatoms. The van der Waals surface area contributed by atoms with Gasteiger partial charge >= 0.3 is 5.97 Å². The first-order valence-corrected chi connectivity index (χ1v) is 7.10. The lowest BCUT2D eigenvalue weighted by atomic mass is 9.60. The van der Waals surface area contributed by atoms with E-state index in [-0.39, 0.29) is 17.6 Å². The van der Waals surface area contributed by atoms with Crippen LogP contribution in [-0.4, -0.2) is 28.1 Å². The van der Waals surface area contributed by atoms with Crippen molar-refractivity contribution in [2.75, 3.05) is 0 Å². The number of carboxylic acids is 1. The van der Waals surface area contributed by atoms with Gasteiger partial charge in [-0.05, 0) is 44.4 Å². The molecule has 0 spiro atoms.